The fourth-order valence-corrected chi connectivity index (χ4v) is 6.82. The van der Waals surface area contributed by atoms with Gasteiger partial charge in [0.1, 0.15) is 22.3 Å². The Kier molecular flexibility index (Phi) is 6.42. The fraction of sp³-hybridized carbons (Fsp3) is 0. The van der Waals surface area contributed by atoms with Crippen molar-refractivity contribution in [3.8, 4) is 56.4 Å². The van der Waals surface area contributed by atoms with Gasteiger partial charge in [-0.15, -0.1) is 0 Å². The number of hydrogen-bond acceptors (Lipinski definition) is 5. The van der Waals surface area contributed by atoms with Gasteiger partial charge in [-0.25, -0.2) is 15.0 Å². The van der Waals surface area contributed by atoms with Crippen LogP contribution in [0.2, 0.25) is 0 Å². The molecule has 0 bridgehead atoms. The van der Waals surface area contributed by atoms with Gasteiger partial charge in [-0.2, -0.15) is 0 Å². The molecule has 0 spiro atoms. The van der Waals surface area contributed by atoms with Crippen molar-refractivity contribution in [3.05, 3.63) is 164 Å². The maximum absolute atomic E-state index is 6.39. The van der Waals surface area contributed by atoms with E-state index in [0.717, 1.165) is 77.3 Å². The summed E-state index contributed by atoms with van der Waals surface area (Å²) < 4.78 is 12.6. The van der Waals surface area contributed by atoms with Gasteiger partial charge in [0.2, 0.25) is 0 Å². The number of fused-ring (bicyclic) bond motifs is 6. The molecule has 0 fully saturated rings. The molecule has 0 unspecified atom stereocenters. The Hall–Kier alpha value is -6.85. The van der Waals surface area contributed by atoms with Crippen molar-refractivity contribution in [2.75, 3.05) is 0 Å². The molecule has 0 N–H and O–H groups in total. The minimum Gasteiger partial charge on any atom is -0.456 e. The molecule has 3 heterocycles. The molecular weight excluding hydrogens is 615 g/mol. The number of furan rings is 2. The Labute approximate surface area is 287 Å². The van der Waals surface area contributed by atoms with Crippen molar-refractivity contribution in [2.45, 2.75) is 0 Å². The number of nitrogens with zero attached hydrogens (tertiary/aromatic N) is 3. The van der Waals surface area contributed by atoms with Crippen LogP contribution in [-0.2, 0) is 0 Å². The summed E-state index contributed by atoms with van der Waals surface area (Å²) in [4.78, 5) is 15.2. The molecule has 0 radical (unpaired) electrons. The standard InChI is InChI=1S/C45H27N3O2/c1-3-10-28(11-4-1)30-14-9-15-32(24-30)43-46-44(33-18-21-36-35-16-7-8-17-39(35)49-41(36)26-33)48-45(47-43)34-19-22-37-38-25-31(29-12-5-2-6-13-29)20-23-40(38)50-42(37)27-34/h1-27H. The topological polar surface area (TPSA) is 65.0 Å². The maximum atomic E-state index is 6.39. The molecule has 50 heavy (non-hydrogen) atoms. The summed E-state index contributed by atoms with van der Waals surface area (Å²) in [6.45, 7) is 0. The average Bonchev–Trinajstić information content (AvgIpc) is 3.75. The molecule has 0 aliphatic rings. The third-order valence-electron chi connectivity index (χ3n) is 9.34. The molecule has 0 amide bonds. The monoisotopic (exact) mass is 641 g/mol. The van der Waals surface area contributed by atoms with Gasteiger partial charge in [0.15, 0.2) is 17.5 Å². The van der Waals surface area contributed by atoms with Crippen molar-refractivity contribution >= 4 is 43.9 Å². The van der Waals surface area contributed by atoms with Crippen LogP contribution in [0.25, 0.3) is 100 Å². The lowest BCUT2D eigenvalue weighted by molar-refractivity contribution is 0.668. The highest BCUT2D eigenvalue weighted by Crippen LogP contribution is 2.36. The summed E-state index contributed by atoms with van der Waals surface area (Å²) in [6.07, 6.45) is 0. The Balaban J connectivity index is 1.13. The van der Waals surface area contributed by atoms with E-state index in [1.807, 2.05) is 72.8 Å². The number of benzene rings is 7. The van der Waals surface area contributed by atoms with Crippen LogP contribution in [0, 0.1) is 0 Å². The second-order valence-corrected chi connectivity index (χ2v) is 12.5. The van der Waals surface area contributed by atoms with Crippen LogP contribution in [-0.4, -0.2) is 15.0 Å². The Morgan fingerprint density at radius 3 is 1.34 bits per heavy atom. The minimum atomic E-state index is 0.562. The lowest BCUT2D eigenvalue weighted by Gasteiger charge is -2.10. The lowest BCUT2D eigenvalue weighted by atomic mass is 10.0. The van der Waals surface area contributed by atoms with E-state index in [2.05, 4.69) is 91.0 Å². The first-order valence-corrected chi connectivity index (χ1v) is 16.6. The van der Waals surface area contributed by atoms with Crippen LogP contribution in [0.4, 0.5) is 0 Å². The van der Waals surface area contributed by atoms with Crippen LogP contribution >= 0.6 is 0 Å². The van der Waals surface area contributed by atoms with E-state index < -0.39 is 0 Å². The lowest BCUT2D eigenvalue weighted by Crippen LogP contribution is -2.00. The second kappa shape index (κ2) is 11.4. The predicted molar refractivity (Wildman–Crippen MR) is 202 cm³/mol. The molecule has 5 heteroatoms. The molecule has 3 aromatic heterocycles. The third kappa shape index (κ3) is 4.83. The van der Waals surface area contributed by atoms with Gasteiger partial charge in [-0.3, -0.25) is 0 Å². The highest BCUT2D eigenvalue weighted by Gasteiger charge is 2.17. The van der Waals surface area contributed by atoms with Gasteiger partial charge in [0.25, 0.3) is 0 Å². The van der Waals surface area contributed by atoms with Crippen LogP contribution in [0.3, 0.4) is 0 Å². The van der Waals surface area contributed by atoms with E-state index in [-0.39, 0.29) is 0 Å². The van der Waals surface area contributed by atoms with Gasteiger partial charge in [-0.05, 0) is 70.8 Å². The van der Waals surface area contributed by atoms with Gasteiger partial charge in [0, 0.05) is 38.2 Å². The maximum Gasteiger partial charge on any atom is 0.164 e. The van der Waals surface area contributed by atoms with Crippen LogP contribution in [0.5, 0.6) is 0 Å². The van der Waals surface area contributed by atoms with Crippen molar-refractivity contribution in [1.29, 1.82) is 0 Å². The van der Waals surface area contributed by atoms with Crippen molar-refractivity contribution in [1.82, 2.24) is 15.0 Å². The molecule has 0 saturated heterocycles. The zero-order valence-corrected chi connectivity index (χ0v) is 26.7. The summed E-state index contributed by atoms with van der Waals surface area (Å²) in [7, 11) is 0. The summed E-state index contributed by atoms with van der Waals surface area (Å²) in [6, 6.07) is 55.9. The van der Waals surface area contributed by atoms with E-state index >= 15 is 0 Å². The van der Waals surface area contributed by atoms with Crippen LogP contribution in [0.15, 0.2) is 173 Å². The first-order chi connectivity index (χ1) is 24.7. The molecule has 10 rings (SSSR count). The summed E-state index contributed by atoms with van der Waals surface area (Å²) in [5.74, 6) is 1.71. The summed E-state index contributed by atoms with van der Waals surface area (Å²) in [5.41, 5.74) is 10.4. The van der Waals surface area contributed by atoms with E-state index in [4.69, 9.17) is 23.8 Å². The van der Waals surface area contributed by atoms with Gasteiger partial charge in [-0.1, -0.05) is 115 Å². The van der Waals surface area contributed by atoms with Crippen molar-refractivity contribution in [2.24, 2.45) is 0 Å². The summed E-state index contributed by atoms with van der Waals surface area (Å²) in [5, 5.41) is 4.25. The van der Waals surface area contributed by atoms with Gasteiger partial charge in [0.05, 0.1) is 0 Å². The molecule has 0 atom stereocenters. The molecule has 5 nitrogen and oxygen atoms in total. The van der Waals surface area contributed by atoms with E-state index in [9.17, 15) is 0 Å². The highest BCUT2D eigenvalue weighted by atomic mass is 16.3. The Morgan fingerprint density at radius 1 is 0.260 bits per heavy atom. The second-order valence-electron chi connectivity index (χ2n) is 12.5. The Morgan fingerprint density at radius 2 is 0.700 bits per heavy atom. The van der Waals surface area contributed by atoms with Gasteiger partial charge >= 0.3 is 0 Å². The fourth-order valence-electron chi connectivity index (χ4n) is 6.82. The number of rotatable bonds is 5. The molecular formula is C45H27N3O2. The molecule has 0 saturated carbocycles. The largest absolute Gasteiger partial charge is 0.456 e. The van der Waals surface area contributed by atoms with Crippen LogP contribution in [0.1, 0.15) is 0 Å². The highest BCUT2D eigenvalue weighted by molar-refractivity contribution is 6.07. The quantitative estimate of drug-likeness (QED) is 0.187. The molecule has 0 aliphatic heterocycles. The Bertz CT molecular complexity index is 2870. The smallest absolute Gasteiger partial charge is 0.164 e. The molecule has 0 aliphatic carbocycles. The first-order valence-electron chi connectivity index (χ1n) is 16.6. The summed E-state index contributed by atoms with van der Waals surface area (Å²) >= 11 is 0. The number of aromatic nitrogens is 3. The van der Waals surface area contributed by atoms with E-state index in [1.165, 1.54) is 5.56 Å². The van der Waals surface area contributed by atoms with Crippen molar-refractivity contribution in [3.63, 3.8) is 0 Å². The molecule has 7 aromatic carbocycles. The molecule has 10 aromatic rings. The van der Waals surface area contributed by atoms with E-state index in [0.29, 0.717) is 17.5 Å². The third-order valence-corrected chi connectivity index (χ3v) is 9.34. The zero-order chi connectivity index (χ0) is 33.0. The van der Waals surface area contributed by atoms with E-state index in [1.54, 1.807) is 0 Å². The number of para-hydroxylation sites is 1. The minimum absolute atomic E-state index is 0.562. The molecule has 234 valence electrons. The van der Waals surface area contributed by atoms with Crippen LogP contribution < -0.4 is 0 Å². The zero-order valence-electron chi connectivity index (χ0n) is 26.7. The predicted octanol–water partition coefficient (Wildman–Crippen LogP) is 12.0. The van der Waals surface area contributed by atoms with Crippen molar-refractivity contribution < 1.29 is 8.83 Å². The number of hydrogen-bond donors (Lipinski definition) is 0. The first kappa shape index (κ1) is 28.2. The average molecular weight is 642 g/mol. The van der Waals surface area contributed by atoms with Gasteiger partial charge < -0.3 is 8.83 Å². The SMILES string of the molecule is c1ccc(-c2cccc(-c3nc(-c4ccc5c(c4)oc4ccccc45)nc(-c4ccc5c(c4)oc4ccc(-c6ccccc6)cc45)n3)c2)cc1. The normalized spacial score (nSPS) is 11.6.